The Kier molecular flexibility index (Phi) is 6.97. The van der Waals surface area contributed by atoms with Crippen LogP contribution >= 0.6 is 0 Å². The molecular weight excluding hydrogens is 476 g/mol. The third kappa shape index (κ3) is 4.64. The average Bonchev–Trinajstić information content (AvgIpc) is 2.98. The lowest BCUT2D eigenvalue weighted by atomic mass is 9.96. The van der Waals surface area contributed by atoms with Crippen molar-refractivity contribution in [2.24, 2.45) is 0 Å². The van der Waals surface area contributed by atoms with Gasteiger partial charge in [-0.05, 0) is 60.7 Å². The van der Waals surface area contributed by atoms with Crippen LogP contribution in [0.3, 0.4) is 0 Å². The molecule has 0 aliphatic carbocycles. The summed E-state index contributed by atoms with van der Waals surface area (Å²) < 4.78 is 21.7. The summed E-state index contributed by atoms with van der Waals surface area (Å²) in [5.74, 6) is 15.6. The zero-order valence-electron chi connectivity index (χ0n) is 21.5. The van der Waals surface area contributed by atoms with Crippen LogP contribution in [-0.4, -0.2) is 38.4 Å². The van der Waals surface area contributed by atoms with Gasteiger partial charge in [0.1, 0.15) is 5.75 Å². The standard InChI is InChI=1S/C32H24N2O4/c1-35-23-13-9-21(10-14-23)11-15-24-25(16-12-22-19-28(36-2)32(38-4)29(20-22)37-3)27-8-6-18-34-31(27)30-26(24)7-5-17-33-30/h5-10,13-14,17-20H,1-4H3. The summed E-state index contributed by atoms with van der Waals surface area (Å²) in [6, 6.07) is 19.0. The van der Waals surface area contributed by atoms with Gasteiger partial charge in [0, 0.05) is 34.3 Å². The highest BCUT2D eigenvalue weighted by molar-refractivity contribution is 6.09. The quantitative estimate of drug-likeness (QED) is 0.236. The van der Waals surface area contributed by atoms with Crippen LogP contribution in [0.2, 0.25) is 0 Å². The molecule has 0 fully saturated rings. The second kappa shape index (κ2) is 10.8. The molecule has 0 bridgehead atoms. The maximum atomic E-state index is 5.50. The minimum Gasteiger partial charge on any atom is -0.497 e. The van der Waals surface area contributed by atoms with Crippen molar-refractivity contribution in [3.05, 3.63) is 95.3 Å². The van der Waals surface area contributed by atoms with Crippen LogP contribution in [0.4, 0.5) is 0 Å². The maximum Gasteiger partial charge on any atom is 0.203 e. The van der Waals surface area contributed by atoms with Gasteiger partial charge in [-0.3, -0.25) is 9.97 Å². The van der Waals surface area contributed by atoms with Gasteiger partial charge >= 0.3 is 0 Å². The van der Waals surface area contributed by atoms with E-state index in [0.717, 1.165) is 44.2 Å². The van der Waals surface area contributed by atoms with Gasteiger partial charge in [0.25, 0.3) is 0 Å². The van der Waals surface area contributed by atoms with Gasteiger partial charge in [-0.1, -0.05) is 23.7 Å². The van der Waals surface area contributed by atoms with Crippen molar-refractivity contribution in [3.63, 3.8) is 0 Å². The molecule has 186 valence electrons. The van der Waals surface area contributed by atoms with E-state index in [1.165, 1.54) is 0 Å². The summed E-state index contributed by atoms with van der Waals surface area (Å²) in [6.45, 7) is 0. The number of aromatic nitrogens is 2. The molecule has 3 aromatic carbocycles. The van der Waals surface area contributed by atoms with E-state index >= 15 is 0 Å². The molecule has 0 radical (unpaired) electrons. The van der Waals surface area contributed by atoms with Gasteiger partial charge in [-0.15, -0.1) is 0 Å². The van der Waals surface area contributed by atoms with E-state index in [2.05, 4.69) is 33.6 Å². The van der Waals surface area contributed by atoms with Crippen molar-refractivity contribution in [2.75, 3.05) is 28.4 Å². The van der Waals surface area contributed by atoms with Crippen LogP contribution in [0.15, 0.2) is 73.1 Å². The van der Waals surface area contributed by atoms with Gasteiger partial charge < -0.3 is 18.9 Å². The fourth-order valence-electron chi connectivity index (χ4n) is 4.22. The number of methoxy groups -OCH3 is 4. The Morgan fingerprint density at radius 3 is 1.55 bits per heavy atom. The second-order valence-corrected chi connectivity index (χ2v) is 8.19. The SMILES string of the molecule is COc1ccc(C#Cc2c(C#Cc3cc(OC)c(OC)c(OC)c3)c3cccnc3c3ncccc23)cc1. The molecule has 2 heterocycles. The van der Waals surface area contributed by atoms with Crippen LogP contribution < -0.4 is 18.9 Å². The average molecular weight is 501 g/mol. The lowest BCUT2D eigenvalue weighted by molar-refractivity contribution is 0.324. The minimum absolute atomic E-state index is 0.512. The van der Waals surface area contributed by atoms with E-state index in [1.807, 2.05) is 60.7 Å². The first kappa shape index (κ1) is 24.5. The molecule has 2 aromatic heterocycles. The van der Waals surface area contributed by atoms with Crippen molar-refractivity contribution in [3.8, 4) is 46.7 Å². The molecule has 0 saturated carbocycles. The minimum atomic E-state index is 0.512. The molecule has 0 aliphatic rings. The second-order valence-electron chi connectivity index (χ2n) is 8.19. The largest absolute Gasteiger partial charge is 0.497 e. The molecule has 0 saturated heterocycles. The van der Waals surface area contributed by atoms with Gasteiger partial charge in [-0.2, -0.15) is 0 Å². The lowest BCUT2D eigenvalue weighted by Gasteiger charge is -2.12. The number of fused-ring (bicyclic) bond motifs is 3. The molecule has 6 heteroatoms. The highest BCUT2D eigenvalue weighted by Crippen LogP contribution is 2.38. The lowest BCUT2D eigenvalue weighted by Crippen LogP contribution is -1.96. The van der Waals surface area contributed by atoms with E-state index in [9.17, 15) is 0 Å². The van der Waals surface area contributed by atoms with Crippen molar-refractivity contribution >= 4 is 21.8 Å². The van der Waals surface area contributed by atoms with Crippen LogP contribution in [0.5, 0.6) is 23.0 Å². The van der Waals surface area contributed by atoms with Gasteiger partial charge in [-0.25, -0.2) is 0 Å². The van der Waals surface area contributed by atoms with Crippen molar-refractivity contribution in [1.29, 1.82) is 0 Å². The number of pyridine rings is 2. The summed E-state index contributed by atoms with van der Waals surface area (Å²) in [7, 11) is 6.37. The van der Waals surface area contributed by atoms with Crippen LogP contribution in [0.1, 0.15) is 22.3 Å². The van der Waals surface area contributed by atoms with Gasteiger partial charge in [0.15, 0.2) is 11.5 Å². The summed E-state index contributed by atoms with van der Waals surface area (Å²) >= 11 is 0. The number of benzene rings is 3. The molecule has 38 heavy (non-hydrogen) atoms. The number of nitrogens with zero attached hydrogens (tertiary/aromatic N) is 2. The predicted octanol–water partition coefficient (Wildman–Crippen LogP) is 5.62. The molecule has 6 nitrogen and oxygen atoms in total. The molecule has 0 N–H and O–H groups in total. The predicted molar refractivity (Wildman–Crippen MR) is 148 cm³/mol. The van der Waals surface area contributed by atoms with Crippen LogP contribution in [-0.2, 0) is 0 Å². The first-order chi connectivity index (χ1) is 18.7. The number of ether oxygens (including phenoxy) is 4. The number of hydrogen-bond donors (Lipinski definition) is 0. The van der Waals surface area contributed by atoms with Crippen LogP contribution in [0.25, 0.3) is 21.8 Å². The Labute approximate surface area is 221 Å². The molecular formula is C32H24N2O4. The first-order valence-corrected chi connectivity index (χ1v) is 11.8. The summed E-state index contributed by atoms with van der Waals surface area (Å²) in [4.78, 5) is 9.26. The zero-order chi connectivity index (χ0) is 26.5. The van der Waals surface area contributed by atoms with Crippen molar-refractivity contribution < 1.29 is 18.9 Å². The molecule has 0 spiro atoms. The molecule has 0 atom stereocenters. The van der Waals surface area contributed by atoms with E-state index in [0.29, 0.717) is 22.8 Å². The third-order valence-electron chi connectivity index (χ3n) is 6.05. The third-order valence-corrected chi connectivity index (χ3v) is 6.05. The molecule has 0 unspecified atom stereocenters. The first-order valence-electron chi connectivity index (χ1n) is 11.8. The summed E-state index contributed by atoms with van der Waals surface area (Å²) in [6.07, 6.45) is 3.52. The summed E-state index contributed by atoms with van der Waals surface area (Å²) in [5.41, 5.74) is 4.66. The highest BCUT2D eigenvalue weighted by atomic mass is 16.5. The fraction of sp³-hybridized carbons (Fsp3) is 0.125. The topological polar surface area (TPSA) is 62.7 Å². The Morgan fingerprint density at radius 1 is 0.553 bits per heavy atom. The van der Waals surface area contributed by atoms with Crippen molar-refractivity contribution in [2.45, 2.75) is 0 Å². The Morgan fingerprint density at radius 2 is 1.08 bits per heavy atom. The Balaban J connectivity index is 1.75. The number of rotatable bonds is 4. The maximum absolute atomic E-state index is 5.50. The van der Waals surface area contributed by atoms with E-state index in [1.54, 1.807) is 40.8 Å². The zero-order valence-corrected chi connectivity index (χ0v) is 21.5. The van der Waals surface area contributed by atoms with Crippen LogP contribution in [0, 0.1) is 23.7 Å². The Hall–Kier alpha value is -5.20. The molecule has 0 aliphatic heterocycles. The summed E-state index contributed by atoms with van der Waals surface area (Å²) in [5, 5.41) is 1.76. The van der Waals surface area contributed by atoms with E-state index in [-0.39, 0.29) is 0 Å². The number of hydrogen-bond acceptors (Lipinski definition) is 6. The molecule has 5 rings (SSSR count). The molecule has 0 amide bonds. The fourth-order valence-corrected chi connectivity index (χ4v) is 4.22. The molecule has 5 aromatic rings. The normalized spacial score (nSPS) is 10.2. The van der Waals surface area contributed by atoms with Crippen molar-refractivity contribution in [1.82, 2.24) is 9.97 Å². The van der Waals surface area contributed by atoms with E-state index < -0.39 is 0 Å². The van der Waals surface area contributed by atoms with Gasteiger partial charge in [0.05, 0.1) is 50.6 Å². The smallest absolute Gasteiger partial charge is 0.203 e. The van der Waals surface area contributed by atoms with Gasteiger partial charge in [0.2, 0.25) is 5.75 Å². The highest BCUT2D eigenvalue weighted by Gasteiger charge is 2.15. The Bertz CT molecular complexity index is 1750. The monoisotopic (exact) mass is 500 g/mol. The van der Waals surface area contributed by atoms with E-state index in [4.69, 9.17) is 18.9 Å².